The topological polar surface area (TPSA) is 38.1 Å². The van der Waals surface area contributed by atoms with Gasteiger partial charge in [-0.25, -0.2) is 0 Å². The average molecular weight is 337 g/mol. The number of rotatable bonds is 7. The van der Waals surface area contributed by atoms with Gasteiger partial charge in [-0.3, -0.25) is 4.98 Å². The minimum atomic E-state index is 0.168. The molecule has 1 N–H and O–H groups in total. The van der Waals surface area contributed by atoms with E-state index in [1.54, 1.807) is 0 Å². The molecule has 0 amide bonds. The second kappa shape index (κ2) is 7.60. The number of aryl methyl sites for hydroxylation is 1. The van der Waals surface area contributed by atoms with E-state index in [0.29, 0.717) is 0 Å². The van der Waals surface area contributed by atoms with E-state index in [2.05, 4.69) is 52.2 Å². The molecule has 0 spiro atoms. The number of pyridine rings is 1. The number of nitrogens with one attached hydrogen (secondary N) is 1. The Morgan fingerprint density at radius 1 is 1.25 bits per heavy atom. The maximum absolute atomic E-state index is 5.69. The normalized spacial score (nSPS) is 12.6. The molecule has 1 unspecified atom stereocenters. The zero-order valence-electron chi connectivity index (χ0n) is 12.0. The molecule has 20 heavy (non-hydrogen) atoms. The first-order valence-electron chi connectivity index (χ1n) is 7.15. The van der Waals surface area contributed by atoms with E-state index in [9.17, 15) is 0 Å². The summed E-state index contributed by atoms with van der Waals surface area (Å²) in [5, 5.41) is 3.52. The van der Waals surface area contributed by atoms with Crippen molar-refractivity contribution in [3.63, 3.8) is 0 Å². The summed E-state index contributed by atoms with van der Waals surface area (Å²) in [5.74, 6) is 0.951. The lowest BCUT2D eigenvalue weighted by atomic mass is 10.1. The lowest BCUT2D eigenvalue weighted by Crippen LogP contribution is -2.24. The highest BCUT2D eigenvalue weighted by molar-refractivity contribution is 9.10. The van der Waals surface area contributed by atoms with E-state index in [-0.39, 0.29) is 6.04 Å². The van der Waals surface area contributed by atoms with Crippen LogP contribution in [-0.4, -0.2) is 11.5 Å². The third-order valence-electron chi connectivity index (χ3n) is 3.29. The Kier molecular flexibility index (Phi) is 5.80. The molecule has 2 heterocycles. The van der Waals surface area contributed by atoms with Crippen LogP contribution in [0.25, 0.3) is 0 Å². The Balaban J connectivity index is 2.10. The number of hydrogen-bond donors (Lipinski definition) is 1. The summed E-state index contributed by atoms with van der Waals surface area (Å²) in [7, 11) is 0. The van der Waals surface area contributed by atoms with Gasteiger partial charge in [0.05, 0.1) is 6.04 Å². The molecule has 2 rings (SSSR count). The first-order valence-corrected chi connectivity index (χ1v) is 7.94. The molecule has 4 heteroatoms. The zero-order chi connectivity index (χ0) is 14.4. The second-order valence-corrected chi connectivity index (χ2v) is 5.65. The first-order chi connectivity index (χ1) is 9.72. The molecule has 2 aromatic rings. The fourth-order valence-corrected chi connectivity index (χ4v) is 2.42. The van der Waals surface area contributed by atoms with Crippen LogP contribution in [0.3, 0.4) is 0 Å². The largest absolute Gasteiger partial charge is 0.453 e. The first kappa shape index (κ1) is 15.3. The summed E-state index contributed by atoms with van der Waals surface area (Å²) in [5.41, 5.74) is 2.36. The van der Waals surface area contributed by atoms with Crippen LogP contribution in [0, 0.1) is 0 Å². The predicted molar refractivity (Wildman–Crippen MR) is 84.8 cm³/mol. The number of aromatic nitrogens is 1. The molecule has 0 aliphatic rings. The Bertz CT molecular complexity index is 522. The summed E-state index contributed by atoms with van der Waals surface area (Å²) in [4.78, 5) is 4.54. The van der Waals surface area contributed by atoms with Gasteiger partial charge in [0, 0.05) is 18.3 Å². The number of furan rings is 1. The van der Waals surface area contributed by atoms with Gasteiger partial charge in [0.25, 0.3) is 0 Å². The molecule has 2 aromatic heterocycles. The second-order valence-electron chi connectivity index (χ2n) is 4.86. The molecule has 108 valence electrons. The molecule has 1 atom stereocenters. The van der Waals surface area contributed by atoms with Gasteiger partial charge < -0.3 is 9.73 Å². The lowest BCUT2D eigenvalue weighted by molar-refractivity contribution is 0.398. The number of hydrogen-bond acceptors (Lipinski definition) is 3. The van der Waals surface area contributed by atoms with Crippen molar-refractivity contribution in [2.45, 2.75) is 39.2 Å². The molecular formula is C16H21BrN2O. The van der Waals surface area contributed by atoms with Gasteiger partial charge in [-0.05, 0) is 59.1 Å². The van der Waals surface area contributed by atoms with Gasteiger partial charge >= 0.3 is 0 Å². The van der Waals surface area contributed by atoms with Crippen LogP contribution < -0.4 is 5.32 Å². The molecule has 0 aliphatic carbocycles. The Morgan fingerprint density at radius 2 is 2.10 bits per heavy atom. The average Bonchev–Trinajstić information content (AvgIpc) is 2.90. The van der Waals surface area contributed by atoms with E-state index in [1.165, 1.54) is 5.56 Å². The van der Waals surface area contributed by atoms with E-state index in [0.717, 1.165) is 41.9 Å². The van der Waals surface area contributed by atoms with Crippen molar-refractivity contribution in [1.82, 2.24) is 10.3 Å². The Hall–Kier alpha value is -1.13. The van der Waals surface area contributed by atoms with Crippen LogP contribution in [0.1, 0.15) is 43.3 Å². The van der Waals surface area contributed by atoms with Crippen molar-refractivity contribution in [2.24, 2.45) is 0 Å². The molecule has 0 fully saturated rings. The minimum absolute atomic E-state index is 0.168. The molecule has 0 bridgehead atoms. The monoisotopic (exact) mass is 336 g/mol. The highest BCUT2D eigenvalue weighted by Gasteiger charge is 2.16. The molecule has 0 saturated carbocycles. The van der Waals surface area contributed by atoms with Crippen LogP contribution in [0.15, 0.2) is 39.5 Å². The molecule has 0 aromatic carbocycles. The molecular weight excluding hydrogens is 316 g/mol. The highest BCUT2D eigenvalue weighted by atomic mass is 79.9. The quantitative estimate of drug-likeness (QED) is 0.819. The Morgan fingerprint density at radius 3 is 2.65 bits per heavy atom. The smallest absolute Gasteiger partial charge is 0.169 e. The lowest BCUT2D eigenvalue weighted by Gasteiger charge is -2.16. The van der Waals surface area contributed by atoms with Crippen molar-refractivity contribution in [3.05, 3.63) is 52.1 Å². The molecule has 0 saturated heterocycles. The minimum Gasteiger partial charge on any atom is -0.453 e. The third kappa shape index (κ3) is 4.18. The van der Waals surface area contributed by atoms with E-state index < -0.39 is 0 Å². The fraction of sp³-hybridized carbons (Fsp3) is 0.438. The summed E-state index contributed by atoms with van der Waals surface area (Å²) >= 11 is 3.36. The highest BCUT2D eigenvalue weighted by Crippen LogP contribution is 2.23. The maximum atomic E-state index is 5.69. The van der Waals surface area contributed by atoms with E-state index in [4.69, 9.17) is 4.42 Å². The van der Waals surface area contributed by atoms with Crippen molar-refractivity contribution in [1.29, 1.82) is 0 Å². The van der Waals surface area contributed by atoms with Gasteiger partial charge in [0.1, 0.15) is 5.76 Å². The van der Waals surface area contributed by atoms with Crippen LogP contribution in [-0.2, 0) is 12.8 Å². The van der Waals surface area contributed by atoms with Gasteiger partial charge in [-0.2, -0.15) is 0 Å². The summed E-state index contributed by atoms with van der Waals surface area (Å²) in [6.07, 6.45) is 4.92. The number of halogens is 1. The van der Waals surface area contributed by atoms with Crippen molar-refractivity contribution >= 4 is 15.9 Å². The van der Waals surface area contributed by atoms with Gasteiger partial charge in [0.15, 0.2) is 4.67 Å². The summed E-state index contributed by atoms with van der Waals surface area (Å²) in [6, 6.07) is 8.37. The molecule has 3 nitrogen and oxygen atoms in total. The molecule has 0 aliphatic heterocycles. The predicted octanol–water partition coefficient (Wildman–Crippen LogP) is 4.28. The van der Waals surface area contributed by atoms with E-state index in [1.807, 2.05) is 18.3 Å². The van der Waals surface area contributed by atoms with Gasteiger partial charge in [-0.15, -0.1) is 0 Å². The van der Waals surface area contributed by atoms with Crippen molar-refractivity contribution < 1.29 is 4.42 Å². The third-order valence-corrected chi connectivity index (χ3v) is 3.71. The van der Waals surface area contributed by atoms with Gasteiger partial charge in [-0.1, -0.05) is 19.9 Å². The SMILES string of the molecule is CCCNC(Cc1ccc(CC)cn1)c1ccc(Br)o1. The zero-order valence-corrected chi connectivity index (χ0v) is 13.6. The fourth-order valence-electron chi connectivity index (χ4n) is 2.10. The Labute approximate surface area is 128 Å². The van der Waals surface area contributed by atoms with Crippen molar-refractivity contribution in [2.75, 3.05) is 6.54 Å². The van der Waals surface area contributed by atoms with Crippen LogP contribution in [0.5, 0.6) is 0 Å². The van der Waals surface area contributed by atoms with E-state index >= 15 is 0 Å². The van der Waals surface area contributed by atoms with Crippen LogP contribution >= 0.6 is 15.9 Å². The van der Waals surface area contributed by atoms with Crippen molar-refractivity contribution in [3.8, 4) is 0 Å². The van der Waals surface area contributed by atoms with Crippen LogP contribution in [0.2, 0.25) is 0 Å². The standard InChI is InChI=1S/C16H21BrN2O/c1-3-9-18-14(15-7-8-16(17)20-15)10-13-6-5-12(4-2)11-19-13/h5-8,11,14,18H,3-4,9-10H2,1-2H3. The van der Waals surface area contributed by atoms with Crippen LogP contribution in [0.4, 0.5) is 0 Å². The summed E-state index contributed by atoms with van der Waals surface area (Å²) in [6.45, 7) is 5.27. The maximum Gasteiger partial charge on any atom is 0.169 e. The number of nitrogens with zero attached hydrogens (tertiary/aromatic N) is 1. The van der Waals surface area contributed by atoms with Gasteiger partial charge in [0.2, 0.25) is 0 Å². The molecule has 0 radical (unpaired) electrons. The summed E-state index contributed by atoms with van der Waals surface area (Å²) < 4.78 is 6.45.